The third-order valence-corrected chi connectivity index (χ3v) is 5.59. The van der Waals surface area contributed by atoms with E-state index in [4.69, 9.17) is 4.74 Å². The highest BCUT2D eigenvalue weighted by Gasteiger charge is 2.40. The average molecular weight is 449 g/mol. The largest absolute Gasteiger partial charge is 0.497 e. The van der Waals surface area contributed by atoms with Crippen LogP contribution >= 0.6 is 0 Å². The van der Waals surface area contributed by atoms with Crippen molar-refractivity contribution in [3.63, 3.8) is 0 Å². The van der Waals surface area contributed by atoms with Gasteiger partial charge in [0.2, 0.25) is 5.91 Å². The number of para-hydroxylation sites is 1. The number of hydrogen-bond donors (Lipinski definition) is 2. The molecular weight excluding hydrogens is 423 g/mol. The molecule has 2 aromatic rings. The first-order valence-corrected chi connectivity index (χ1v) is 10.3. The number of anilines is 1. The molecule has 6 nitrogen and oxygen atoms in total. The third kappa shape index (κ3) is 5.52. The fraction of sp³-hybridized carbons (Fsp3) is 0.391. The number of rotatable bonds is 5. The molecule has 0 bridgehead atoms. The number of urea groups is 1. The number of benzene rings is 2. The second kappa shape index (κ2) is 9.50. The summed E-state index contributed by atoms with van der Waals surface area (Å²) in [5, 5.41) is 5.25. The normalized spacial score (nSPS) is 18.7. The van der Waals surface area contributed by atoms with Gasteiger partial charge in [-0.2, -0.15) is 13.2 Å². The first-order valence-electron chi connectivity index (χ1n) is 10.3. The molecule has 2 aromatic carbocycles. The van der Waals surface area contributed by atoms with E-state index in [1.165, 1.54) is 23.1 Å². The summed E-state index contributed by atoms with van der Waals surface area (Å²) in [6.07, 6.45) is -3.45. The Balaban J connectivity index is 1.64. The second-order valence-electron chi connectivity index (χ2n) is 8.09. The zero-order valence-electron chi connectivity index (χ0n) is 18.0. The molecule has 0 aromatic heterocycles. The number of halogens is 3. The van der Waals surface area contributed by atoms with Gasteiger partial charge in [0.25, 0.3) is 0 Å². The highest BCUT2D eigenvalue weighted by atomic mass is 19.4. The monoisotopic (exact) mass is 449 g/mol. The molecule has 0 saturated carbocycles. The van der Waals surface area contributed by atoms with Crippen molar-refractivity contribution in [1.82, 2.24) is 10.2 Å². The van der Waals surface area contributed by atoms with Crippen molar-refractivity contribution in [3.8, 4) is 5.75 Å². The van der Waals surface area contributed by atoms with Gasteiger partial charge in [-0.15, -0.1) is 0 Å². The molecular formula is C23H26F3N3O3. The number of hydrogen-bond acceptors (Lipinski definition) is 3. The Morgan fingerprint density at radius 2 is 1.91 bits per heavy atom. The Morgan fingerprint density at radius 1 is 1.16 bits per heavy atom. The van der Waals surface area contributed by atoms with E-state index < -0.39 is 23.2 Å². The lowest BCUT2D eigenvalue weighted by Gasteiger charge is -2.39. The van der Waals surface area contributed by atoms with Crippen LogP contribution in [0.4, 0.5) is 23.7 Å². The van der Waals surface area contributed by atoms with Gasteiger partial charge in [-0.05, 0) is 49.6 Å². The van der Waals surface area contributed by atoms with Gasteiger partial charge >= 0.3 is 12.2 Å². The molecule has 1 atom stereocenters. The lowest BCUT2D eigenvalue weighted by atomic mass is 9.81. The van der Waals surface area contributed by atoms with E-state index >= 15 is 0 Å². The van der Waals surface area contributed by atoms with Crippen molar-refractivity contribution in [3.05, 3.63) is 59.7 Å². The lowest BCUT2D eigenvalue weighted by Crippen LogP contribution is -2.52. The Morgan fingerprint density at radius 3 is 2.62 bits per heavy atom. The maximum absolute atomic E-state index is 13.2. The molecule has 0 unspecified atom stereocenters. The first-order chi connectivity index (χ1) is 15.1. The van der Waals surface area contributed by atoms with Gasteiger partial charge in [0, 0.05) is 19.6 Å². The van der Waals surface area contributed by atoms with Crippen molar-refractivity contribution in [1.29, 1.82) is 0 Å². The van der Waals surface area contributed by atoms with Gasteiger partial charge in [0.05, 0.1) is 23.8 Å². The fourth-order valence-electron chi connectivity index (χ4n) is 3.81. The zero-order chi connectivity index (χ0) is 23.4. The molecule has 3 rings (SSSR count). The molecule has 0 radical (unpaired) electrons. The number of carbonyl (C=O) groups is 2. The highest BCUT2D eigenvalue weighted by molar-refractivity contribution is 5.91. The Hall–Kier alpha value is -3.23. The zero-order valence-corrected chi connectivity index (χ0v) is 18.0. The number of carbonyl (C=O) groups excluding carboxylic acids is 2. The third-order valence-electron chi connectivity index (χ3n) is 5.59. The molecule has 1 aliphatic heterocycles. The molecule has 0 aliphatic carbocycles. The number of piperidine rings is 1. The summed E-state index contributed by atoms with van der Waals surface area (Å²) in [7, 11) is 1.56. The van der Waals surface area contributed by atoms with Crippen LogP contribution in [-0.2, 0) is 17.5 Å². The van der Waals surface area contributed by atoms with Gasteiger partial charge in [0.1, 0.15) is 5.75 Å². The number of methoxy groups -OCH3 is 1. The van der Waals surface area contributed by atoms with Crippen LogP contribution in [0.25, 0.3) is 0 Å². The van der Waals surface area contributed by atoms with Crippen LogP contribution in [-0.4, -0.2) is 37.0 Å². The molecule has 1 saturated heterocycles. The maximum atomic E-state index is 13.2. The van der Waals surface area contributed by atoms with Crippen LogP contribution in [0.15, 0.2) is 48.5 Å². The lowest BCUT2D eigenvalue weighted by molar-refractivity contribution is -0.137. The molecule has 3 amide bonds. The van der Waals surface area contributed by atoms with Crippen LogP contribution in [0, 0.1) is 5.41 Å². The number of ether oxygens (including phenoxy) is 1. The number of likely N-dealkylation sites (tertiary alicyclic amines) is 1. The van der Waals surface area contributed by atoms with Crippen LogP contribution in [0.1, 0.15) is 30.9 Å². The number of nitrogens with one attached hydrogen (secondary N) is 2. The molecule has 1 fully saturated rings. The Labute approximate surface area is 184 Å². The van der Waals surface area contributed by atoms with E-state index in [1.54, 1.807) is 20.1 Å². The summed E-state index contributed by atoms with van der Waals surface area (Å²) in [6.45, 7) is 2.53. The fourth-order valence-corrected chi connectivity index (χ4v) is 3.81. The van der Waals surface area contributed by atoms with Crippen molar-refractivity contribution in [2.45, 2.75) is 32.5 Å². The Kier molecular flexibility index (Phi) is 6.96. The van der Waals surface area contributed by atoms with E-state index in [1.807, 2.05) is 18.2 Å². The van der Waals surface area contributed by atoms with Crippen molar-refractivity contribution in [2.24, 2.45) is 5.41 Å². The molecule has 0 spiro atoms. The topological polar surface area (TPSA) is 70.7 Å². The minimum atomic E-state index is -4.58. The number of nitrogens with zero attached hydrogens (tertiary/aromatic N) is 1. The molecule has 2 N–H and O–H groups in total. The first kappa shape index (κ1) is 23.4. The molecule has 9 heteroatoms. The van der Waals surface area contributed by atoms with Gasteiger partial charge < -0.3 is 20.3 Å². The summed E-state index contributed by atoms with van der Waals surface area (Å²) >= 11 is 0. The van der Waals surface area contributed by atoms with Gasteiger partial charge in [-0.3, -0.25) is 4.79 Å². The second-order valence-corrected chi connectivity index (χ2v) is 8.09. The van der Waals surface area contributed by atoms with E-state index in [0.29, 0.717) is 31.7 Å². The summed E-state index contributed by atoms with van der Waals surface area (Å²) in [4.78, 5) is 27.0. The smallest absolute Gasteiger partial charge is 0.418 e. The molecule has 172 valence electrons. The van der Waals surface area contributed by atoms with E-state index in [9.17, 15) is 22.8 Å². The van der Waals surface area contributed by atoms with Crippen molar-refractivity contribution in [2.75, 3.05) is 25.5 Å². The van der Waals surface area contributed by atoms with Gasteiger partial charge in [-0.1, -0.05) is 24.3 Å². The quantitative estimate of drug-likeness (QED) is 0.697. The summed E-state index contributed by atoms with van der Waals surface area (Å²) in [5.41, 5.74) is -1.20. The van der Waals surface area contributed by atoms with Gasteiger partial charge in [0.15, 0.2) is 0 Å². The summed E-state index contributed by atoms with van der Waals surface area (Å²) < 4.78 is 44.8. The van der Waals surface area contributed by atoms with E-state index in [2.05, 4.69) is 10.6 Å². The number of alkyl halides is 3. The summed E-state index contributed by atoms with van der Waals surface area (Å²) in [6, 6.07) is 11.5. The molecule has 32 heavy (non-hydrogen) atoms. The molecule has 1 heterocycles. The predicted octanol–water partition coefficient (Wildman–Crippen LogP) is 4.66. The van der Waals surface area contributed by atoms with Crippen LogP contribution in [0.2, 0.25) is 0 Å². The predicted molar refractivity (Wildman–Crippen MR) is 114 cm³/mol. The van der Waals surface area contributed by atoms with E-state index in [-0.39, 0.29) is 18.1 Å². The summed E-state index contributed by atoms with van der Waals surface area (Å²) in [5.74, 6) is 0.469. The van der Waals surface area contributed by atoms with Crippen molar-refractivity contribution >= 4 is 17.6 Å². The molecule has 1 aliphatic rings. The van der Waals surface area contributed by atoms with Crippen LogP contribution in [0.3, 0.4) is 0 Å². The van der Waals surface area contributed by atoms with Crippen LogP contribution < -0.4 is 15.4 Å². The SMILES string of the molecule is COc1cccc(CNC(=O)[C@@]2(C)CCCN(C(=O)Nc3ccccc3C(F)(F)F)C2)c1. The minimum Gasteiger partial charge on any atom is -0.497 e. The Bertz CT molecular complexity index is 980. The highest BCUT2D eigenvalue weighted by Crippen LogP contribution is 2.35. The van der Waals surface area contributed by atoms with E-state index in [0.717, 1.165) is 11.6 Å². The minimum absolute atomic E-state index is 0.108. The number of amides is 3. The van der Waals surface area contributed by atoms with Gasteiger partial charge in [-0.25, -0.2) is 4.79 Å². The average Bonchev–Trinajstić information content (AvgIpc) is 2.77. The maximum Gasteiger partial charge on any atom is 0.418 e. The standard InChI is InChI=1S/C23H26F3N3O3/c1-22(20(30)27-14-16-7-5-8-17(13-16)32-2)11-6-12-29(15-22)21(31)28-19-10-4-3-9-18(19)23(24,25)26/h3-5,7-10,13H,6,11-12,14-15H2,1-2H3,(H,27,30)(H,28,31)/t22-/m0/s1. The van der Waals surface area contributed by atoms with Crippen LogP contribution in [0.5, 0.6) is 5.75 Å². The van der Waals surface area contributed by atoms with Crippen molar-refractivity contribution < 1.29 is 27.5 Å².